The van der Waals surface area contributed by atoms with Crippen molar-refractivity contribution in [2.45, 2.75) is 54.9 Å². The van der Waals surface area contributed by atoms with E-state index in [1.54, 1.807) is 0 Å². The summed E-state index contributed by atoms with van der Waals surface area (Å²) in [5.41, 5.74) is 1.18. The molecule has 1 nitrogen and oxygen atoms in total. The first-order valence-corrected chi connectivity index (χ1v) is 4.95. The lowest BCUT2D eigenvalue weighted by Gasteiger charge is -1.86. The molecule has 0 spiro atoms. The smallest absolute Gasteiger partial charge is 0.0224 e. The van der Waals surface area contributed by atoms with E-state index in [1.807, 2.05) is 53.8 Å². The van der Waals surface area contributed by atoms with Gasteiger partial charge in [0.1, 0.15) is 0 Å². The Bertz CT molecular complexity index is 102. The first kappa shape index (κ1) is 17.5. The predicted octanol–water partition coefficient (Wildman–Crippen LogP) is 4.44. The third kappa shape index (κ3) is 22.7. The van der Waals surface area contributed by atoms with Crippen molar-refractivity contribution in [3.05, 3.63) is 12.3 Å². The molecule has 0 aromatic heterocycles. The molecular weight excluding hydrogens is 146 g/mol. The largest absolute Gasteiger partial charge is 0.266 e. The Hall–Kier alpha value is -0.590. The fourth-order valence-electron chi connectivity index (χ4n) is 0.293. The molecule has 0 radical (unpaired) electrons. The highest BCUT2D eigenvalue weighted by atomic mass is 14.7. The standard InChI is InChI=1S/C7H13N.2C2H6/c1-4-6-8-7(3)5-2;2*1-2/h4,6H,5H2,1-3H3;2*1-2H3/b6-4-,8-7?;;. The topological polar surface area (TPSA) is 12.4 Å². The Labute approximate surface area is 78.6 Å². The van der Waals surface area contributed by atoms with Crippen LogP contribution in [0.25, 0.3) is 0 Å². The summed E-state index contributed by atoms with van der Waals surface area (Å²) in [6.45, 7) is 14.1. The van der Waals surface area contributed by atoms with Gasteiger partial charge in [-0.25, -0.2) is 0 Å². The molecule has 0 atom stereocenters. The van der Waals surface area contributed by atoms with Gasteiger partial charge >= 0.3 is 0 Å². The molecule has 0 aromatic carbocycles. The second kappa shape index (κ2) is 22.4. The SMILES string of the molecule is C/C=C\N=C(C)CC.CC.CC. The van der Waals surface area contributed by atoms with Gasteiger partial charge in [0.05, 0.1) is 0 Å². The molecular formula is C11H25N. The third-order valence-corrected chi connectivity index (χ3v) is 0.956. The van der Waals surface area contributed by atoms with Gasteiger partial charge in [0, 0.05) is 11.9 Å². The van der Waals surface area contributed by atoms with Gasteiger partial charge in [-0.1, -0.05) is 40.7 Å². The molecule has 0 aromatic rings. The fraction of sp³-hybridized carbons (Fsp3) is 0.727. The van der Waals surface area contributed by atoms with E-state index < -0.39 is 0 Å². The lowest BCUT2D eigenvalue weighted by Crippen LogP contribution is -1.83. The van der Waals surface area contributed by atoms with Crippen LogP contribution in [0, 0.1) is 0 Å². The zero-order chi connectivity index (χ0) is 10.4. The van der Waals surface area contributed by atoms with Gasteiger partial charge in [-0.2, -0.15) is 0 Å². The molecule has 0 unspecified atom stereocenters. The summed E-state index contributed by atoms with van der Waals surface area (Å²) in [5.74, 6) is 0. The van der Waals surface area contributed by atoms with Crippen LogP contribution in [0.1, 0.15) is 54.9 Å². The molecule has 0 saturated carbocycles. The molecule has 1 heteroatoms. The molecule has 0 N–H and O–H groups in total. The summed E-state index contributed by atoms with van der Waals surface area (Å²) in [7, 11) is 0. The zero-order valence-electron chi connectivity index (χ0n) is 9.81. The molecule has 0 aliphatic heterocycles. The Morgan fingerprint density at radius 3 is 1.83 bits per heavy atom. The van der Waals surface area contributed by atoms with Crippen LogP contribution in [0.3, 0.4) is 0 Å². The minimum absolute atomic E-state index is 1.05. The van der Waals surface area contributed by atoms with Crippen LogP contribution in [-0.2, 0) is 0 Å². The molecule has 0 fully saturated rings. The van der Waals surface area contributed by atoms with E-state index in [1.165, 1.54) is 5.71 Å². The first-order chi connectivity index (χ1) is 5.81. The van der Waals surface area contributed by atoms with Crippen LogP contribution < -0.4 is 0 Å². The molecule has 0 heterocycles. The van der Waals surface area contributed by atoms with Crippen LogP contribution in [0.5, 0.6) is 0 Å². The number of aliphatic imine (C=N–C) groups is 1. The summed E-state index contributed by atoms with van der Waals surface area (Å²) in [6.07, 6.45) is 4.79. The molecule has 0 rings (SSSR count). The quantitative estimate of drug-likeness (QED) is 0.544. The molecule has 0 saturated heterocycles. The summed E-state index contributed by atoms with van der Waals surface area (Å²) in [4.78, 5) is 4.10. The Morgan fingerprint density at radius 2 is 1.58 bits per heavy atom. The highest BCUT2D eigenvalue weighted by molar-refractivity contribution is 5.82. The molecule has 0 aliphatic carbocycles. The average Bonchev–Trinajstić information content (AvgIpc) is 2.20. The Kier molecular flexibility index (Phi) is 32.7. The maximum Gasteiger partial charge on any atom is 0.0224 e. The van der Waals surface area contributed by atoms with Crippen LogP contribution >= 0.6 is 0 Å². The number of rotatable bonds is 2. The van der Waals surface area contributed by atoms with Crippen molar-refractivity contribution >= 4 is 5.71 Å². The van der Waals surface area contributed by atoms with Crippen molar-refractivity contribution in [2.24, 2.45) is 4.99 Å². The Morgan fingerprint density at radius 1 is 1.17 bits per heavy atom. The normalized spacial score (nSPS) is 9.75. The minimum Gasteiger partial charge on any atom is -0.266 e. The maximum absolute atomic E-state index is 4.10. The second-order valence-electron chi connectivity index (χ2n) is 1.70. The molecule has 0 aliphatic rings. The van der Waals surface area contributed by atoms with Crippen LogP contribution in [0.2, 0.25) is 0 Å². The maximum atomic E-state index is 4.10. The van der Waals surface area contributed by atoms with Gasteiger partial charge < -0.3 is 0 Å². The van der Waals surface area contributed by atoms with E-state index >= 15 is 0 Å². The van der Waals surface area contributed by atoms with E-state index in [2.05, 4.69) is 11.9 Å². The van der Waals surface area contributed by atoms with Crippen LogP contribution in [0.4, 0.5) is 0 Å². The highest BCUT2D eigenvalue weighted by Crippen LogP contribution is 1.84. The van der Waals surface area contributed by atoms with Crippen molar-refractivity contribution in [3.63, 3.8) is 0 Å². The van der Waals surface area contributed by atoms with E-state index in [-0.39, 0.29) is 0 Å². The number of allylic oxidation sites excluding steroid dienone is 1. The fourth-order valence-corrected chi connectivity index (χ4v) is 0.293. The van der Waals surface area contributed by atoms with Crippen molar-refractivity contribution in [1.82, 2.24) is 0 Å². The number of hydrogen-bond donors (Lipinski definition) is 0. The van der Waals surface area contributed by atoms with E-state index in [0.717, 1.165) is 6.42 Å². The van der Waals surface area contributed by atoms with Gasteiger partial charge in [-0.3, -0.25) is 4.99 Å². The van der Waals surface area contributed by atoms with Gasteiger partial charge in [-0.05, 0) is 20.3 Å². The first-order valence-electron chi connectivity index (χ1n) is 4.95. The van der Waals surface area contributed by atoms with E-state index in [4.69, 9.17) is 0 Å². The molecule has 0 amide bonds. The van der Waals surface area contributed by atoms with Gasteiger partial charge in [0.25, 0.3) is 0 Å². The molecule has 74 valence electrons. The summed E-state index contributed by atoms with van der Waals surface area (Å²) >= 11 is 0. The highest BCUT2D eigenvalue weighted by Gasteiger charge is 1.77. The van der Waals surface area contributed by atoms with Crippen molar-refractivity contribution < 1.29 is 0 Å². The minimum atomic E-state index is 1.05. The average molecular weight is 171 g/mol. The van der Waals surface area contributed by atoms with E-state index in [0.29, 0.717) is 0 Å². The monoisotopic (exact) mass is 171 g/mol. The number of nitrogens with zero attached hydrogens (tertiary/aromatic N) is 1. The van der Waals surface area contributed by atoms with Gasteiger partial charge in [-0.15, -0.1) is 0 Å². The zero-order valence-corrected chi connectivity index (χ0v) is 9.81. The van der Waals surface area contributed by atoms with Gasteiger partial charge in [0.15, 0.2) is 0 Å². The van der Waals surface area contributed by atoms with E-state index in [9.17, 15) is 0 Å². The summed E-state index contributed by atoms with van der Waals surface area (Å²) in [5, 5.41) is 0. The van der Waals surface area contributed by atoms with Crippen LogP contribution in [0.15, 0.2) is 17.3 Å². The molecule has 0 bridgehead atoms. The van der Waals surface area contributed by atoms with Crippen molar-refractivity contribution in [1.29, 1.82) is 0 Å². The summed E-state index contributed by atoms with van der Waals surface area (Å²) < 4.78 is 0. The Balaban J connectivity index is -0.000000175. The van der Waals surface area contributed by atoms with Crippen molar-refractivity contribution in [2.75, 3.05) is 0 Å². The lowest BCUT2D eigenvalue weighted by atomic mass is 10.3. The second-order valence-corrected chi connectivity index (χ2v) is 1.70. The number of hydrogen-bond acceptors (Lipinski definition) is 1. The molecule has 12 heavy (non-hydrogen) atoms. The van der Waals surface area contributed by atoms with Crippen LogP contribution in [-0.4, -0.2) is 5.71 Å². The summed E-state index contributed by atoms with van der Waals surface area (Å²) in [6, 6.07) is 0. The van der Waals surface area contributed by atoms with Gasteiger partial charge in [0.2, 0.25) is 0 Å². The van der Waals surface area contributed by atoms with Crippen molar-refractivity contribution in [3.8, 4) is 0 Å². The lowest BCUT2D eigenvalue weighted by molar-refractivity contribution is 1.25. The predicted molar refractivity (Wildman–Crippen MR) is 60.9 cm³/mol. The third-order valence-electron chi connectivity index (χ3n) is 0.956.